The minimum atomic E-state index is 0.244. The number of rotatable bonds is 3. The van der Waals surface area contributed by atoms with Gasteiger partial charge in [-0.25, -0.2) is 0 Å². The fourth-order valence-corrected chi connectivity index (χ4v) is 1.98. The second-order valence-electron chi connectivity index (χ2n) is 3.59. The zero-order chi connectivity index (χ0) is 9.97. The number of ether oxygens (including phenoxy) is 1. The lowest BCUT2D eigenvalue weighted by molar-refractivity contribution is 0.187. The van der Waals surface area contributed by atoms with E-state index in [-0.39, 0.29) is 6.04 Å². The smallest absolute Gasteiger partial charge is 0.169 e. The molecular weight excluding hydrogens is 246 g/mol. The Bertz CT molecular complexity index is 294. The summed E-state index contributed by atoms with van der Waals surface area (Å²) in [6.07, 6.45) is 1.09. The predicted molar refractivity (Wildman–Crippen MR) is 57.2 cm³/mol. The van der Waals surface area contributed by atoms with E-state index in [1.807, 2.05) is 12.1 Å². The molecule has 2 atom stereocenters. The third-order valence-electron chi connectivity index (χ3n) is 2.44. The Morgan fingerprint density at radius 3 is 3.00 bits per heavy atom. The van der Waals surface area contributed by atoms with E-state index in [2.05, 4.69) is 28.2 Å². The maximum atomic E-state index is 5.47. The van der Waals surface area contributed by atoms with Gasteiger partial charge in [0.2, 0.25) is 0 Å². The molecule has 0 amide bonds. The molecule has 2 heterocycles. The second kappa shape index (κ2) is 4.47. The average molecular weight is 260 g/mol. The molecule has 78 valence electrons. The van der Waals surface area contributed by atoms with E-state index >= 15 is 0 Å². The van der Waals surface area contributed by atoms with Gasteiger partial charge in [-0.1, -0.05) is 0 Å². The Balaban J connectivity index is 1.91. The van der Waals surface area contributed by atoms with E-state index in [0.717, 1.165) is 30.1 Å². The number of hydrogen-bond acceptors (Lipinski definition) is 3. The summed E-state index contributed by atoms with van der Waals surface area (Å²) in [4.78, 5) is 0. The maximum absolute atomic E-state index is 5.47. The maximum Gasteiger partial charge on any atom is 0.169 e. The quantitative estimate of drug-likeness (QED) is 0.906. The van der Waals surface area contributed by atoms with Gasteiger partial charge in [-0.3, -0.25) is 0 Å². The molecule has 1 fully saturated rings. The van der Waals surface area contributed by atoms with Crippen molar-refractivity contribution in [1.82, 2.24) is 5.32 Å². The van der Waals surface area contributed by atoms with Crippen LogP contribution in [0.15, 0.2) is 21.2 Å². The normalized spacial score (nSPS) is 24.0. The van der Waals surface area contributed by atoms with Crippen LogP contribution in [-0.2, 0) is 4.74 Å². The molecule has 4 heteroatoms. The molecule has 0 aliphatic carbocycles. The first-order valence-corrected chi connectivity index (χ1v) is 5.64. The molecule has 1 saturated heterocycles. The summed E-state index contributed by atoms with van der Waals surface area (Å²) in [6.45, 7) is 3.78. The van der Waals surface area contributed by atoms with Gasteiger partial charge in [-0.05, 0) is 41.4 Å². The lowest BCUT2D eigenvalue weighted by atomic mass is 10.2. The minimum absolute atomic E-state index is 0.244. The van der Waals surface area contributed by atoms with Crippen molar-refractivity contribution in [3.05, 3.63) is 22.6 Å². The highest BCUT2D eigenvalue weighted by atomic mass is 79.9. The molecule has 0 radical (unpaired) electrons. The van der Waals surface area contributed by atoms with Gasteiger partial charge in [-0.2, -0.15) is 0 Å². The lowest BCUT2D eigenvalue weighted by Gasteiger charge is -2.15. The van der Waals surface area contributed by atoms with Crippen LogP contribution in [0.3, 0.4) is 0 Å². The van der Waals surface area contributed by atoms with Crippen LogP contribution in [0, 0.1) is 0 Å². The van der Waals surface area contributed by atoms with Crippen LogP contribution in [0.25, 0.3) is 0 Å². The molecule has 2 rings (SSSR count). The van der Waals surface area contributed by atoms with E-state index in [1.165, 1.54) is 0 Å². The topological polar surface area (TPSA) is 34.4 Å². The highest BCUT2D eigenvalue weighted by molar-refractivity contribution is 9.10. The molecule has 1 aliphatic rings. The molecular formula is C10H14BrNO2. The summed E-state index contributed by atoms with van der Waals surface area (Å²) >= 11 is 3.29. The summed E-state index contributed by atoms with van der Waals surface area (Å²) < 4.78 is 11.5. The molecule has 1 aliphatic heterocycles. The third-order valence-corrected chi connectivity index (χ3v) is 2.86. The van der Waals surface area contributed by atoms with Gasteiger partial charge in [0, 0.05) is 12.6 Å². The molecule has 3 nitrogen and oxygen atoms in total. The monoisotopic (exact) mass is 259 g/mol. The van der Waals surface area contributed by atoms with Crippen LogP contribution in [0.5, 0.6) is 0 Å². The Kier molecular flexibility index (Phi) is 3.26. The Hall–Kier alpha value is -0.320. The number of furan rings is 1. The third kappa shape index (κ3) is 2.38. The minimum Gasteiger partial charge on any atom is -0.453 e. The summed E-state index contributed by atoms with van der Waals surface area (Å²) in [5.74, 6) is 0.962. The van der Waals surface area contributed by atoms with Gasteiger partial charge in [0.1, 0.15) is 5.76 Å². The zero-order valence-corrected chi connectivity index (χ0v) is 9.71. The largest absolute Gasteiger partial charge is 0.453 e. The lowest BCUT2D eigenvalue weighted by Crippen LogP contribution is -2.31. The fraction of sp³-hybridized carbons (Fsp3) is 0.600. The summed E-state index contributed by atoms with van der Waals surface area (Å²) in [5.41, 5.74) is 0. The van der Waals surface area contributed by atoms with Crippen molar-refractivity contribution in [2.24, 2.45) is 0 Å². The fourth-order valence-electron chi connectivity index (χ4n) is 1.66. The first-order valence-electron chi connectivity index (χ1n) is 4.85. The van der Waals surface area contributed by atoms with E-state index in [9.17, 15) is 0 Å². The summed E-state index contributed by atoms with van der Waals surface area (Å²) in [5, 5.41) is 3.47. The van der Waals surface area contributed by atoms with Crippen molar-refractivity contribution >= 4 is 15.9 Å². The van der Waals surface area contributed by atoms with Crippen LogP contribution >= 0.6 is 15.9 Å². The van der Waals surface area contributed by atoms with Crippen LogP contribution in [0.1, 0.15) is 25.1 Å². The highest BCUT2D eigenvalue weighted by Gasteiger charge is 2.19. The van der Waals surface area contributed by atoms with Crippen molar-refractivity contribution in [2.75, 3.05) is 13.2 Å². The van der Waals surface area contributed by atoms with Crippen molar-refractivity contribution < 1.29 is 9.15 Å². The molecule has 0 spiro atoms. The first kappa shape index (κ1) is 10.2. The van der Waals surface area contributed by atoms with Crippen LogP contribution in [-0.4, -0.2) is 19.3 Å². The molecule has 1 N–H and O–H groups in total. The molecule has 1 aromatic rings. The van der Waals surface area contributed by atoms with Crippen molar-refractivity contribution in [3.8, 4) is 0 Å². The molecule has 0 saturated carbocycles. The van der Waals surface area contributed by atoms with Crippen molar-refractivity contribution in [3.63, 3.8) is 0 Å². The standard InChI is InChI=1S/C10H14BrNO2/c1-7(9-2-3-10(11)14-9)12-8-4-5-13-6-8/h2-3,7-8,12H,4-6H2,1H3. The summed E-state index contributed by atoms with van der Waals surface area (Å²) in [6, 6.07) is 4.61. The Morgan fingerprint density at radius 2 is 2.43 bits per heavy atom. The second-order valence-corrected chi connectivity index (χ2v) is 4.37. The molecule has 0 aromatic carbocycles. The molecule has 0 bridgehead atoms. The van der Waals surface area contributed by atoms with Gasteiger partial charge < -0.3 is 14.5 Å². The highest BCUT2D eigenvalue weighted by Crippen LogP contribution is 2.21. The number of hydrogen-bond donors (Lipinski definition) is 1. The predicted octanol–water partition coefficient (Wildman–Crippen LogP) is 2.48. The van der Waals surface area contributed by atoms with Gasteiger partial charge >= 0.3 is 0 Å². The zero-order valence-electron chi connectivity index (χ0n) is 8.13. The Morgan fingerprint density at radius 1 is 1.57 bits per heavy atom. The van der Waals surface area contributed by atoms with Crippen LogP contribution < -0.4 is 5.32 Å². The first-order chi connectivity index (χ1) is 6.75. The van der Waals surface area contributed by atoms with E-state index in [1.54, 1.807) is 0 Å². The SMILES string of the molecule is CC(NC1CCOC1)c1ccc(Br)o1. The van der Waals surface area contributed by atoms with Gasteiger partial charge in [0.25, 0.3) is 0 Å². The average Bonchev–Trinajstić information content (AvgIpc) is 2.75. The number of halogens is 1. The molecule has 2 unspecified atom stereocenters. The molecule has 1 aromatic heterocycles. The van der Waals surface area contributed by atoms with Crippen LogP contribution in [0.4, 0.5) is 0 Å². The van der Waals surface area contributed by atoms with E-state index in [0.29, 0.717) is 6.04 Å². The summed E-state index contributed by atoms with van der Waals surface area (Å²) in [7, 11) is 0. The van der Waals surface area contributed by atoms with Crippen molar-refractivity contribution in [1.29, 1.82) is 0 Å². The van der Waals surface area contributed by atoms with Gasteiger partial charge in [0.05, 0.1) is 12.6 Å². The van der Waals surface area contributed by atoms with E-state index < -0.39 is 0 Å². The molecule has 14 heavy (non-hydrogen) atoms. The van der Waals surface area contributed by atoms with Gasteiger partial charge in [-0.15, -0.1) is 0 Å². The number of nitrogens with one attached hydrogen (secondary N) is 1. The van der Waals surface area contributed by atoms with Crippen LogP contribution in [0.2, 0.25) is 0 Å². The van der Waals surface area contributed by atoms with E-state index in [4.69, 9.17) is 9.15 Å². The Labute approximate surface area is 91.9 Å². The van der Waals surface area contributed by atoms with Gasteiger partial charge in [0.15, 0.2) is 4.67 Å². The van der Waals surface area contributed by atoms with Crippen molar-refractivity contribution in [2.45, 2.75) is 25.4 Å².